The summed E-state index contributed by atoms with van der Waals surface area (Å²) >= 11 is 0. The van der Waals surface area contributed by atoms with Crippen LogP contribution in [-0.2, 0) is 16.1 Å². The number of aldehydes is 1. The molecular formula is C12H14O2. The first kappa shape index (κ1) is 9.41. The molecule has 0 bridgehead atoms. The van der Waals surface area contributed by atoms with Gasteiger partial charge in [0, 0.05) is 6.42 Å². The van der Waals surface area contributed by atoms with Gasteiger partial charge < -0.3 is 9.53 Å². The van der Waals surface area contributed by atoms with Crippen molar-refractivity contribution in [1.29, 1.82) is 0 Å². The molecule has 14 heavy (non-hydrogen) atoms. The topological polar surface area (TPSA) is 26.3 Å². The van der Waals surface area contributed by atoms with E-state index in [4.69, 9.17) is 4.74 Å². The fraction of sp³-hybridized carbons (Fsp3) is 0.417. The van der Waals surface area contributed by atoms with Crippen molar-refractivity contribution in [3.8, 4) is 0 Å². The van der Waals surface area contributed by atoms with Crippen molar-refractivity contribution in [2.75, 3.05) is 0 Å². The van der Waals surface area contributed by atoms with E-state index in [1.807, 2.05) is 30.3 Å². The van der Waals surface area contributed by atoms with E-state index in [-0.39, 0.29) is 5.60 Å². The Morgan fingerprint density at radius 2 is 2.00 bits per heavy atom. The van der Waals surface area contributed by atoms with Gasteiger partial charge in [-0.3, -0.25) is 0 Å². The van der Waals surface area contributed by atoms with Gasteiger partial charge in [-0.15, -0.1) is 0 Å². The highest BCUT2D eigenvalue weighted by Crippen LogP contribution is 2.42. The predicted molar refractivity (Wildman–Crippen MR) is 53.9 cm³/mol. The summed E-state index contributed by atoms with van der Waals surface area (Å²) < 4.78 is 5.74. The maximum absolute atomic E-state index is 10.4. The van der Waals surface area contributed by atoms with Crippen molar-refractivity contribution in [1.82, 2.24) is 0 Å². The third kappa shape index (κ3) is 2.20. The van der Waals surface area contributed by atoms with Crippen molar-refractivity contribution in [3.63, 3.8) is 0 Å². The van der Waals surface area contributed by atoms with Crippen LogP contribution >= 0.6 is 0 Å². The van der Waals surface area contributed by atoms with E-state index < -0.39 is 0 Å². The third-order valence-corrected chi connectivity index (χ3v) is 2.65. The minimum absolute atomic E-state index is 0.114. The number of hydrogen-bond donors (Lipinski definition) is 0. The van der Waals surface area contributed by atoms with Crippen molar-refractivity contribution in [2.24, 2.45) is 0 Å². The van der Waals surface area contributed by atoms with Crippen LogP contribution in [0, 0.1) is 0 Å². The van der Waals surface area contributed by atoms with Crippen LogP contribution in [0.3, 0.4) is 0 Å². The molecule has 0 amide bonds. The van der Waals surface area contributed by atoms with Crippen molar-refractivity contribution < 1.29 is 9.53 Å². The minimum atomic E-state index is -0.114. The number of carbonyl (C=O) groups is 1. The summed E-state index contributed by atoms with van der Waals surface area (Å²) in [5.41, 5.74) is 1.06. The Labute approximate surface area is 83.9 Å². The number of ether oxygens (including phenoxy) is 1. The third-order valence-electron chi connectivity index (χ3n) is 2.65. The van der Waals surface area contributed by atoms with Crippen molar-refractivity contribution in [2.45, 2.75) is 31.5 Å². The van der Waals surface area contributed by atoms with E-state index in [2.05, 4.69) is 0 Å². The number of carbonyl (C=O) groups excluding carboxylic acids is 1. The largest absolute Gasteiger partial charge is 0.370 e. The summed E-state index contributed by atoms with van der Waals surface area (Å²) in [6, 6.07) is 10.1. The molecule has 1 fully saturated rings. The minimum Gasteiger partial charge on any atom is -0.370 e. The van der Waals surface area contributed by atoms with E-state index in [0.29, 0.717) is 13.0 Å². The summed E-state index contributed by atoms with van der Waals surface area (Å²) in [6.45, 7) is 0.620. The highest BCUT2D eigenvalue weighted by Gasteiger charge is 2.43. The zero-order valence-electron chi connectivity index (χ0n) is 8.11. The first-order valence-electron chi connectivity index (χ1n) is 4.96. The molecule has 2 heteroatoms. The van der Waals surface area contributed by atoms with Gasteiger partial charge in [0.2, 0.25) is 0 Å². The standard InChI is InChI=1S/C12H14O2/c13-9-8-12(6-7-12)14-10-11-4-2-1-3-5-11/h1-5,9H,6-8,10H2. The maximum Gasteiger partial charge on any atom is 0.122 e. The molecule has 0 radical (unpaired) electrons. The average molecular weight is 190 g/mol. The highest BCUT2D eigenvalue weighted by atomic mass is 16.5. The molecule has 2 rings (SSSR count). The van der Waals surface area contributed by atoms with Gasteiger partial charge in [0.15, 0.2) is 0 Å². The summed E-state index contributed by atoms with van der Waals surface area (Å²) in [5.74, 6) is 0. The highest BCUT2D eigenvalue weighted by molar-refractivity contribution is 5.52. The van der Waals surface area contributed by atoms with E-state index in [1.54, 1.807) is 0 Å². The predicted octanol–water partition coefficient (Wildman–Crippen LogP) is 2.32. The van der Waals surface area contributed by atoms with Gasteiger partial charge in [-0.2, -0.15) is 0 Å². The Bertz CT molecular complexity index is 301. The average Bonchev–Trinajstić information content (AvgIpc) is 2.98. The molecule has 0 atom stereocenters. The van der Waals surface area contributed by atoms with E-state index >= 15 is 0 Å². The SMILES string of the molecule is O=CCC1(OCc2ccccc2)CC1. The van der Waals surface area contributed by atoms with Crippen LogP contribution in [0.1, 0.15) is 24.8 Å². The van der Waals surface area contributed by atoms with Gasteiger partial charge in [0.1, 0.15) is 6.29 Å². The molecule has 1 saturated carbocycles. The lowest BCUT2D eigenvalue weighted by Crippen LogP contribution is -2.14. The molecule has 1 aliphatic carbocycles. The number of benzene rings is 1. The van der Waals surface area contributed by atoms with Gasteiger partial charge in [0.05, 0.1) is 12.2 Å². The summed E-state index contributed by atoms with van der Waals surface area (Å²) in [6.07, 6.45) is 3.55. The van der Waals surface area contributed by atoms with Gasteiger partial charge >= 0.3 is 0 Å². The van der Waals surface area contributed by atoms with E-state index in [0.717, 1.165) is 19.1 Å². The molecule has 74 valence electrons. The molecule has 0 aliphatic heterocycles. The van der Waals surface area contributed by atoms with E-state index in [1.165, 1.54) is 5.56 Å². The molecule has 0 N–H and O–H groups in total. The monoisotopic (exact) mass is 190 g/mol. The lowest BCUT2D eigenvalue weighted by atomic mass is 10.2. The zero-order valence-corrected chi connectivity index (χ0v) is 8.11. The van der Waals surface area contributed by atoms with Crippen LogP contribution in [0.25, 0.3) is 0 Å². The fourth-order valence-electron chi connectivity index (χ4n) is 1.51. The Morgan fingerprint density at radius 1 is 1.29 bits per heavy atom. The second-order valence-corrected chi connectivity index (χ2v) is 3.83. The Hall–Kier alpha value is -1.15. The Balaban J connectivity index is 1.86. The smallest absolute Gasteiger partial charge is 0.122 e. The van der Waals surface area contributed by atoms with Crippen LogP contribution < -0.4 is 0 Å². The first-order chi connectivity index (χ1) is 6.85. The first-order valence-corrected chi connectivity index (χ1v) is 4.96. The van der Waals surface area contributed by atoms with Gasteiger partial charge in [-0.1, -0.05) is 30.3 Å². The normalized spacial score (nSPS) is 17.7. The Morgan fingerprint density at radius 3 is 2.57 bits per heavy atom. The van der Waals surface area contributed by atoms with Gasteiger partial charge in [-0.25, -0.2) is 0 Å². The molecule has 1 aromatic rings. The fourth-order valence-corrected chi connectivity index (χ4v) is 1.51. The summed E-state index contributed by atoms with van der Waals surface area (Å²) in [4.78, 5) is 10.4. The van der Waals surface area contributed by atoms with Crippen LogP contribution in [-0.4, -0.2) is 11.9 Å². The van der Waals surface area contributed by atoms with Crippen molar-refractivity contribution >= 4 is 6.29 Å². The van der Waals surface area contributed by atoms with Crippen LogP contribution in [0.4, 0.5) is 0 Å². The second-order valence-electron chi connectivity index (χ2n) is 3.83. The second kappa shape index (κ2) is 3.93. The van der Waals surface area contributed by atoms with Crippen LogP contribution in [0.5, 0.6) is 0 Å². The molecule has 0 unspecified atom stereocenters. The van der Waals surface area contributed by atoms with Crippen LogP contribution in [0.15, 0.2) is 30.3 Å². The lowest BCUT2D eigenvalue weighted by Gasteiger charge is -2.13. The maximum atomic E-state index is 10.4. The number of hydrogen-bond acceptors (Lipinski definition) is 2. The van der Waals surface area contributed by atoms with Crippen LogP contribution in [0.2, 0.25) is 0 Å². The van der Waals surface area contributed by atoms with Gasteiger partial charge in [-0.05, 0) is 18.4 Å². The molecule has 1 aliphatic rings. The summed E-state index contributed by atoms with van der Waals surface area (Å²) in [5, 5.41) is 0. The summed E-state index contributed by atoms with van der Waals surface area (Å²) in [7, 11) is 0. The zero-order chi connectivity index (χ0) is 9.86. The quantitative estimate of drug-likeness (QED) is 0.666. The molecule has 0 aromatic heterocycles. The van der Waals surface area contributed by atoms with Gasteiger partial charge in [0.25, 0.3) is 0 Å². The van der Waals surface area contributed by atoms with E-state index in [9.17, 15) is 4.79 Å². The molecule has 1 aromatic carbocycles. The Kier molecular flexibility index (Phi) is 2.64. The molecule has 2 nitrogen and oxygen atoms in total. The lowest BCUT2D eigenvalue weighted by molar-refractivity contribution is -0.111. The molecule has 0 spiro atoms. The van der Waals surface area contributed by atoms with Crippen molar-refractivity contribution in [3.05, 3.63) is 35.9 Å². The molecule has 0 heterocycles. The molecular weight excluding hydrogens is 176 g/mol. The number of rotatable bonds is 5. The molecule has 0 saturated heterocycles.